The summed E-state index contributed by atoms with van der Waals surface area (Å²) in [5, 5.41) is 8.62. The van der Waals surface area contributed by atoms with Crippen molar-refractivity contribution in [1.82, 2.24) is 14.6 Å². The smallest absolute Gasteiger partial charge is 0.245 e. The minimum Gasteiger partial charge on any atom is -0.378 e. The van der Waals surface area contributed by atoms with Crippen molar-refractivity contribution in [3.63, 3.8) is 0 Å². The van der Waals surface area contributed by atoms with E-state index in [9.17, 15) is 0 Å². The second kappa shape index (κ2) is 6.69. The fourth-order valence-electron chi connectivity index (χ4n) is 2.82. The van der Waals surface area contributed by atoms with Crippen LogP contribution < -0.4 is 10.2 Å². The molecule has 0 atom stereocenters. The van der Waals surface area contributed by atoms with Crippen LogP contribution in [0.15, 0.2) is 66.9 Å². The molecule has 5 nitrogen and oxygen atoms in total. The molecule has 130 valence electrons. The maximum Gasteiger partial charge on any atom is 0.245 e. The van der Waals surface area contributed by atoms with E-state index in [0.29, 0.717) is 11.0 Å². The summed E-state index contributed by atoms with van der Waals surface area (Å²) in [6, 6.07) is 19.9. The molecule has 6 heteroatoms. The van der Waals surface area contributed by atoms with Crippen LogP contribution >= 0.6 is 11.6 Å². The molecule has 0 saturated heterocycles. The molecule has 0 bridgehead atoms. The molecule has 0 aliphatic carbocycles. The Labute approximate surface area is 156 Å². The zero-order valence-corrected chi connectivity index (χ0v) is 15.3. The number of rotatable bonds is 4. The third-order valence-corrected chi connectivity index (χ3v) is 4.37. The Bertz CT molecular complexity index is 1070. The van der Waals surface area contributed by atoms with Gasteiger partial charge in [-0.25, -0.2) is 9.50 Å². The van der Waals surface area contributed by atoms with Crippen LogP contribution in [0.2, 0.25) is 5.02 Å². The van der Waals surface area contributed by atoms with Gasteiger partial charge in [0.25, 0.3) is 0 Å². The summed E-state index contributed by atoms with van der Waals surface area (Å²) in [4.78, 5) is 6.47. The lowest BCUT2D eigenvalue weighted by Gasteiger charge is -2.14. The predicted octanol–water partition coefficient (Wildman–Crippen LogP) is 4.86. The fourth-order valence-corrected chi connectivity index (χ4v) is 3.01. The van der Waals surface area contributed by atoms with E-state index in [0.717, 1.165) is 28.1 Å². The van der Waals surface area contributed by atoms with E-state index >= 15 is 0 Å². The molecule has 4 aromatic rings. The van der Waals surface area contributed by atoms with Gasteiger partial charge < -0.3 is 10.2 Å². The number of anilines is 3. The summed E-state index contributed by atoms with van der Waals surface area (Å²) < 4.78 is 1.87. The van der Waals surface area contributed by atoms with Crippen molar-refractivity contribution in [3.05, 3.63) is 71.9 Å². The van der Waals surface area contributed by atoms with E-state index in [-0.39, 0.29) is 0 Å². The van der Waals surface area contributed by atoms with Gasteiger partial charge in [-0.05, 0) is 42.5 Å². The SMILES string of the molecule is CN(C)c1cccc(Nc2ncc3ccc(-c4cccc(Cl)c4)n3n2)c1. The quantitative estimate of drug-likeness (QED) is 0.562. The summed E-state index contributed by atoms with van der Waals surface area (Å²) in [6.07, 6.45) is 1.80. The van der Waals surface area contributed by atoms with E-state index in [4.69, 9.17) is 11.6 Å². The van der Waals surface area contributed by atoms with Crippen molar-refractivity contribution in [2.45, 2.75) is 0 Å². The molecule has 4 rings (SSSR count). The Kier molecular flexibility index (Phi) is 4.22. The first-order chi connectivity index (χ1) is 12.6. The molecule has 0 radical (unpaired) electrons. The summed E-state index contributed by atoms with van der Waals surface area (Å²) >= 11 is 6.13. The second-order valence-corrected chi connectivity index (χ2v) is 6.65. The molecule has 1 N–H and O–H groups in total. The van der Waals surface area contributed by atoms with Crippen LogP contribution in [0.3, 0.4) is 0 Å². The molecule has 0 aliphatic rings. The zero-order chi connectivity index (χ0) is 18.1. The van der Waals surface area contributed by atoms with Crippen molar-refractivity contribution >= 4 is 34.4 Å². The van der Waals surface area contributed by atoms with Crippen LogP contribution in [-0.2, 0) is 0 Å². The van der Waals surface area contributed by atoms with Gasteiger partial charge in [0.05, 0.1) is 17.4 Å². The van der Waals surface area contributed by atoms with Crippen LogP contribution in [0.4, 0.5) is 17.3 Å². The Morgan fingerprint density at radius 3 is 2.65 bits per heavy atom. The first-order valence-electron chi connectivity index (χ1n) is 8.25. The molecule has 0 spiro atoms. The Hall–Kier alpha value is -3.05. The number of aromatic nitrogens is 3. The minimum atomic E-state index is 0.535. The van der Waals surface area contributed by atoms with Gasteiger partial charge in [-0.1, -0.05) is 29.8 Å². The Balaban J connectivity index is 1.71. The van der Waals surface area contributed by atoms with Crippen molar-refractivity contribution in [2.24, 2.45) is 0 Å². The maximum absolute atomic E-state index is 6.13. The number of fused-ring (bicyclic) bond motifs is 1. The molecule has 26 heavy (non-hydrogen) atoms. The van der Waals surface area contributed by atoms with Crippen molar-refractivity contribution < 1.29 is 0 Å². The molecule has 2 heterocycles. The normalized spacial score (nSPS) is 10.9. The lowest BCUT2D eigenvalue weighted by atomic mass is 10.2. The predicted molar refractivity (Wildman–Crippen MR) is 107 cm³/mol. The van der Waals surface area contributed by atoms with E-state index in [1.54, 1.807) is 6.20 Å². The first kappa shape index (κ1) is 16.4. The highest BCUT2D eigenvalue weighted by Gasteiger charge is 2.08. The van der Waals surface area contributed by atoms with E-state index in [1.807, 2.05) is 67.1 Å². The number of nitrogens with zero attached hydrogens (tertiary/aromatic N) is 4. The second-order valence-electron chi connectivity index (χ2n) is 6.22. The third kappa shape index (κ3) is 3.21. The Morgan fingerprint density at radius 1 is 1.00 bits per heavy atom. The summed E-state index contributed by atoms with van der Waals surface area (Å²) in [5.74, 6) is 0.535. The number of halogens is 1. The molecule has 2 aromatic heterocycles. The molecular weight excluding hydrogens is 346 g/mol. The van der Waals surface area contributed by atoms with Gasteiger partial charge in [-0.3, -0.25) is 0 Å². The average molecular weight is 364 g/mol. The third-order valence-electron chi connectivity index (χ3n) is 4.14. The molecule has 0 saturated carbocycles. The highest BCUT2D eigenvalue weighted by atomic mass is 35.5. The largest absolute Gasteiger partial charge is 0.378 e. The monoisotopic (exact) mass is 363 g/mol. The number of benzene rings is 2. The van der Waals surface area contributed by atoms with Gasteiger partial charge in [-0.2, -0.15) is 0 Å². The fraction of sp³-hybridized carbons (Fsp3) is 0.100. The first-order valence-corrected chi connectivity index (χ1v) is 8.63. The summed E-state index contributed by atoms with van der Waals surface area (Å²) in [5.41, 5.74) is 4.95. The van der Waals surface area contributed by atoms with Crippen molar-refractivity contribution in [1.29, 1.82) is 0 Å². The molecule has 0 amide bonds. The molecule has 2 aromatic carbocycles. The highest BCUT2D eigenvalue weighted by Crippen LogP contribution is 2.25. The average Bonchev–Trinajstić information content (AvgIpc) is 3.05. The van der Waals surface area contributed by atoms with Gasteiger partial charge in [0.2, 0.25) is 5.95 Å². The highest BCUT2D eigenvalue weighted by molar-refractivity contribution is 6.30. The van der Waals surface area contributed by atoms with E-state index in [1.165, 1.54) is 0 Å². The van der Waals surface area contributed by atoms with Gasteiger partial charge in [0.15, 0.2) is 0 Å². The topological polar surface area (TPSA) is 45.5 Å². The molecular formula is C20H18ClN5. The lowest BCUT2D eigenvalue weighted by molar-refractivity contribution is 0.919. The number of hydrogen-bond acceptors (Lipinski definition) is 4. The lowest BCUT2D eigenvalue weighted by Crippen LogP contribution is -2.09. The Morgan fingerprint density at radius 2 is 1.85 bits per heavy atom. The van der Waals surface area contributed by atoms with Gasteiger partial charge >= 0.3 is 0 Å². The van der Waals surface area contributed by atoms with E-state index in [2.05, 4.69) is 32.4 Å². The van der Waals surface area contributed by atoms with Crippen LogP contribution in [0.1, 0.15) is 0 Å². The molecule has 0 aliphatic heterocycles. The maximum atomic E-state index is 6.13. The van der Waals surface area contributed by atoms with Gasteiger partial charge in [0, 0.05) is 36.1 Å². The molecule has 0 unspecified atom stereocenters. The standard InChI is InChI=1S/C20H18ClN5/c1-25(2)17-8-4-7-16(12-17)23-20-22-13-18-9-10-19(26(18)24-20)14-5-3-6-15(21)11-14/h3-13H,1-2H3,(H,23,24). The minimum absolute atomic E-state index is 0.535. The zero-order valence-electron chi connectivity index (χ0n) is 14.5. The summed E-state index contributed by atoms with van der Waals surface area (Å²) in [7, 11) is 4.03. The van der Waals surface area contributed by atoms with Crippen molar-refractivity contribution in [2.75, 3.05) is 24.3 Å². The van der Waals surface area contributed by atoms with E-state index < -0.39 is 0 Å². The molecule has 0 fully saturated rings. The number of nitrogens with one attached hydrogen (secondary N) is 1. The van der Waals surface area contributed by atoms with Crippen LogP contribution in [0.25, 0.3) is 16.8 Å². The van der Waals surface area contributed by atoms with Gasteiger partial charge in [0.1, 0.15) is 0 Å². The van der Waals surface area contributed by atoms with Crippen LogP contribution in [-0.4, -0.2) is 28.7 Å². The van der Waals surface area contributed by atoms with Crippen molar-refractivity contribution in [3.8, 4) is 11.3 Å². The van der Waals surface area contributed by atoms with Gasteiger partial charge in [-0.15, -0.1) is 5.10 Å². The van der Waals surface area contributed by atoms with Crippen LogP contribution in [0, 0.1) is 0 Å². The van der Waals surface area contributed by atoms with Crippen LogP contribution in [0.5, 0.6) is 0 Å². The number of hydrogen-bond donors (Lipinski definition) is 1. The summed E-state index contributed by atoms with van der Waals surface area (Å²) in [6.45, 7) is 0.